The van der Waals surface area contributed by atoms with Crippen LogP contribution in [0.3, 0.4) is 0 Å². The van der Waals surface area contributed by atoms with Gasteiger partial charge in [0.1, 0.15) is 31.8 Å². The van der Waals surface area contributed by atoms with Crippen molar-refractivity contribution >= 4 is 23.5 Å². The van der Waals surface area contributed by atoms with Gasteiger partial charge < -0.3 is 20.2 Å². The highest BCUT2D eigenvalue weighted by molar-refractivity contribution is 5.94. The van der Waals surface area contributed by atoms with Crippen molar-refractivity contribution in [2.75, 3.05) is 25.1 Å². The number of oxime groups is 1. The molecule has 0 saturated carbocycles. The van der Waals surface area contributed by atoms with E-state index < -0.39 is 11.8 Å². The molecule has 1 aromatic carbocycles. The van der Waals surface area contributed by atoms with Crippen LogP contribution in [-0.2, 0) is 21.0 Å². The molecule has 2 aromatic rings. The van der Waals surface area contributed by atoms with Crippen molar-refractivity contribution in [2.45, 2.75) is 25.9 Å². The number of carbonyl (C=O) groups excluding carboxylic acids is 1. The van der Waals surface area contributed by atoms with Crippen LogP contribution in [0.15, 0.2) is 35.7 Å². The Morgan fingerprint density at radius 2 is 2.00 bits per heavy atom. The summed E-state index contributed by atoms with van der Waals surface area (Å²) >= 11 is 0. The lowest BCUT2D eigenvalue weighted by Gasteiger charge is -2.27. The lowest BCUT2D eigenvalue weighted by Crippen LogP contribution is -2.35. The SMILES string of the molecule is CON=C1CCN(c2ncc(-c3cccc(COC(=O)CC(=N)N)c3F)cn2)CC1. The average Bonchev–Trinajstić information content (AvgIpc) is 2.73. The maximum atomic E-state index is 14.9. The van der Waals surface area contributed by atoms with Gasteiger partial charge in [-0.25, -0.2) is 14.4 Å². The number of benzene rings is 1. The summed E-state index contributed by atoms with van der Waals surface area (Å²) in [7, 11) is 1.53. The highest BCUT2D eigenvalue weighted by atomic mass is 19.1. The van der Waals surface area contributed by atoms with Crippen molar-refractivity contribution in [3.05, 3.63) is 42.0 Å². The van der Waals surface area contributed by atoms with Gasteiger partial charge in [-0.15, -0.1) is 0 Å². The third-order valence-corrected chi connectivity index (χ3v) is 4.60. The van der Waals surface area contributed by atoms with Crippen LogP contribution in [-0.4, -0.2) is 47.7 Å². The minimum Gasteiger partial charge on any atom is -0.460 e. The Morgan fingerprint density at radius 1 is 1.30 bits per heavy atom. The summed E-state index contributed by atoms with van der Waals surface area (Å²) in [6.07, 6.45) is 4.37. The predicted molar refractivity (Wildman–Crippen MR) is 110 cm³/mol. The number of esters is 1. The van der Waals surface area contributed by atoms with E-state index >= 15 is 0 Å². The number of carbonyl (C=O) groups is 1. The number of piperidine rings is 1. The first-order chi connectivity index (χ1) is 14.5. The predicted octanol–water partition coefficient (Wildman–Crippen LogP) is 2.25. The van der Waals surface area contributed by atoms with Gasteiger partial charge in [-0.1, -0.05) is 23.4 Å². The Balaban J connectivity index is 1.68. The van der Waals surface area contributed by atoms with Gasteiger partial charge in [0.25, 0.3) is 0 Å². The molecule has 1 aromatic heterocycles. The van der Waals surface area contributed by atoms with Crippen molar-refractivity contribution in [2.24, 2.45) is 10.9 Å². The zero-order valence-electron chi connectivity index (χ0n) is 16.6. The quantitative estimate of drug-likeness (QED) is 0.308. The highest BCUT2D eigenvalue weighted by Gasteiger charge is 2.19. The van der Waals surface area contributed by atoms with Crippen molar-refractivity contribution in [1.29, 1.82) is 5.41 Å². The zero-order valence-corrected chi connectivity index (χ0v) is 16.6. The fraction of sp³-hybridized carbons (Fsp3) is 0.350. The number of hydrogen-bond donors (Lipinski definition) is 2. The molecule has 0 aliphatic carbocycles. The van der Waals surface area contributed by atoms with Crippen LogP contribution in [0.1, 0.15) is 24.8 Å². The Bertz CT molecular complexity index is 938. The van der Waals surface area contributed by atoms with E-state index in [1.165, 1.54) is 13.2 Å². The van der Waals surface area contributed by atoms with Crippen LogP contribution in [0.25, 0.3) is 11.1 Å². The smallest absolute Gasteiger partial charge is 0.313 e. The van der Waals surface area contributed by atoms with Gasteiger partial charge in [-0.2, -0.15) is 0 Å². The maximum absolute atomic E-state index is 14.9. The van der Waals surface area contributed by atoms with E-state index in [-0.39, 0.29) is 24.4 Å². The van der Waals surface area contributed by atoms with Gasteiger partial charge in [0, 0.05) is 55.0 Å². The third-order valence-electron chi connectivity index (χ3n) is 4.60. The second-order valence-corrected chi connectivity index (χ2v) is 6.74. The Kier molecular flexibility index (Phi) is 6.89. The topological polar surface area (TPSA) is 127 Å². The normalized spacial score (nSPS) is 13.7. The Labute approximate surface area is 173 Å². The molecule has 0 radical (unpaired) electrons. The van der Waals surface area contributed by atoms with Gasteiger partial charge in [-0.05, 0) is 0 Å². The number of nitrogens with two attached hydrogens (primary N) is 1. The molecule has 3 rings (SSSR count). The maximum Gasteiger partial charge on any atom is 0.313 e. The van der Waals surface area contributed by atoms with Gasteiger partial charge in [-0.3, -0.25) is 10.2 Å². The van der Waals surface area contributed by atoms with Gasteiger partial charge in [0.2, 0.25) is 5.95 Å². The number of ether oxygens (including phenoxy) is 1. The summed E-state index contributed by atoms with van der Waals surface area (Å²) in [5.74, 6) is -0.921. The lowest BCUT2D eigenvalue weighted by molar-refractivity contribution is -0.143. The van der Waals surface area contributed by atoms with E-state index in [4.69, 9.17) is 20.7 Å². The molecular weight excluding hydrogens is 391 g/mol. The Morgan fingerprint density at radius 3 is 2.63 bits per heavy atom. The number of rotatable bonds is 7. The zero-order chi connectivity index (χ0) is 21.5. The summed E-state index contributed by atoms with van der Waals surface area (Å²) in [5.41, 5.74) is 7.22. The molecule has 1 aliphatic heterocycles. The van der Waals surface area contributed by atoms with E-state index in [9.17, 15) is 9.18 Å². The third kappa shape index (κ3) is 5.28. The number of aromatic nitrogens is 2. The van der Waals surface area contributed by atoms with Crippen LogP contribution in [0.5, 0.6) is 0 Å². The molecule has 0 spiro atoms. The summed E-state index contributed by atoms with van der Waals surface area (Å²) in [4.78, 5) is 27.2. The van der Waals surface area contributed by atoms with Gasteiger partial charge in [0.05, 0.1) is 5.71 Å². The molecule has 0 atom stereocenters. The fourth-order valence-electron chi connectivity index (χ4n) is 3.09. The molecular formula is C20H23FN6O3. The van der Waals surface area contributed by atoms with Crippen molar-refractivity contribution < 1.29 is 18.8 Å². The van der Waals surface area contributed by atoms with E-state index in [2.05, 4.69) is 15.1 Å². The first-order valence-corrected chi connectivity index (χ1v) is 9.40. The molecule has 30 heavy (non-hydrogen) atoms. The molecule has 9 nitrogen and oxygen atoms in total. The van der Waals surface area contributed by atoms with Crippen LogP contribution >= 0.6 is 0 Å². The van der Waals surface area contributed by atoms with Gasteiger partial charge in [0.15, 0.2) is 0 Å². The Hall–Kier alpha value is -3.56. The lowest BCUT2D eigenvalue weighted by atomic mass is 10.0. The molecule has 3 N–H and O–H groups in total. The van der Waals surface area contributed by atoms with Gasteiger partial charge >= 0.3 is 5.97 Å². The summed E-state index contributed by atoms with van der Waals surface area (Å²) in [6, 6.07) is 4.81. The molecule has 10 heteroatoms. The molecule has 0 unspecified atom stereocenters. The monoisotopic (exact) mass is 414 g/mol. The van der Waals surface area contributed by atoms with Crippen LogP contribution in [0, 0.1) is 11.2 Å². The number of amidine groups is 1. The molecule has 1 aliphatic rings. The number of nitrogens with one attached hydrogen (secondary N) is 1. The standard InChI is InChI=1S/C20H23FN6O3/c1-29-26-15-5-7-27(8-6-15)20-24-10-14(11-25-20)16-4-2-3-13(19(16)21)12-30-18(28)9-17(22)23/h2-4,10-11H,5-9,12H2,1H3,(H3,22,23). The molecule has 1 saturated heterocycles. The minimum atomic E-state index is -0.680. The van der Waals surface area contributed by atoms with Crippen LogP contribution < -0.4 is 10.6 Å². The highest BCUT2D eigenvalue weighted by Crippen LogP contribution is 2.25. The van der Waals surface area contributed by atoms with Crippen molar-refractivity contribution in [1.82, 2.24) is 9.97 Å². The molecule has 0 amide bonds. The first kappa shape index (κ1) is 21.2. The molecule has 1 fully saturated rings. The number of nitrogens with zero attached hydrogens (tertiary/aromatic N) is 4. The fourth-order valence-corrected chi connectivity index (χ4v) is 3.09. The number of hydrogen-bond acceptors (Lipinski definition) is 8. The number of anilines is 1. The summed E-state index contributed by atoms with van der Waals surface area (Å²) in [6.45, 7) is 1.22. The molecule has 0 bridgehead atoms. The van der Waals surface area contributed by atoms with Crippen molar-refractivity contribution in [3.63, 3.8) is 0 Å². The largest absolute Gasteiger partial charge is 0.460 e. The summed E-state index contributed by atoms with van der Waals surface area (Å²) < 4.78 is 19.9. The van der Waals surface area contributed by atoms with E-state index in [0.29, 0.717) is 17.1 Å². The van der Waals surface area contributed by atoms with E-state index in [0.717, 1.165) is 31.6 Å². The molecule has 2 heterocycles. The first-order valence-electron chi connectivity index (χ1n) is 9.40. The average molecular weight is 414 g/mol. The second-order valence-electron chi connectivity index (χ2n) is 6.74. The number of halogens is 1. The van der Waals surface area contributed by atoms with Crippen molar-refractivity contribution in [3.8, 4) is 11.1 Å². The van der Waals surface area contributed by atoms with Crippen LogP contribution in [0.2, 0.25) is 0 Å². The second kappa shape index (κ2) is 9.77. The van der Waals surface area contributed by atoms with E-state index in [1.807, 2.05) is 4.90 Å². The summed E-state index contributed by atoms with van der Waals surface area (Å²) in [5, 5.41) is 11.1. The molecule has 158 valence electrons. The van der Waals surface area contributed by atoms with Crippen LogP contribution in [0.4, 0.5) is 10.3 Å². The minimum absolute atomic E-state index is 0.217. The van der Waals surface area contributed by atoms with E-state index in [1.54, 1.807) is 24.5 Å².